The minimum atomic E-state index is -0.727. The van der Waals surface area contributed by atoms with Gasteiger partial charge in [-0.15, -0.1) is 11.6 Å². The normalized spacial score (nSPS) is 25.5. The lowest BCUT2D eigenvalue weighted by atomic mass is 10.2. The number of nitrogens with one attached hydrogen (secondary N) is 1. The Hall–Kier alpha value is -0.740. The standard InChI is InChI=1S/C7H10ClNO3/c8-3-1-2-6(10)5-4-12-7(11)9-5/h1-2,5-6,10H,3-4H2,(H,9,11)/b2-1+/t5-,6+/m0/s1. The van der Waals surface area contributed by atoms with Crippen molar-refractivity contribution in [3.63, 3.8) is 0 Å². The first-order valence-electron chi connectivity index (χ1n) is 3.58. The highest BCUT2D eigenvalue weighted by molar-refractivity contribution is 6.18. The number of alkyl halides is 1. The SMILES string of the molecule is O=C1N[C@H]([C@H](O)/C=C/CCl)CO1. The van der Waals surface area contributed by atoms with E-state index in [1.807, 2.05) is 0 Å². The number of amides is 1. The van der Waals surface area contributed by atoms with E-state index in [0.29, 0.717) is 5.88 Å². The van der Waals surface area contributed by atoms with E-state index >= 15 is 0 Å². The maximum Gasteiger partial charge on any atom is 0.407 e. The first-order valence-corrected chi connectivity index (χ1v) is 4.11. The van der Waals surface area contributed by atoms with Gasteiger partial charge in [-0.2, -0.15) is 0 Å². The summed E-state index contributed by atoms with van der Waals surface area (Å²) in [6, 6.07) is -0.350. The van der Waals surface area contributed by atoms with Crippen LogP contribution in [0.1, 0.15) is 0 Å². The molecule has 1 rings (SSSR count). The van der Waals surface area contributed by atoms with Gasteiger partial charge in [-0.25, -0.2) is 4.79 Å². The molecule has 0 spiro atoms. The van der Waals surface area contributed by atoms with Gasteiger partial charge in [0.15, 0.2) is 0 Å². The highest BCUT2D eigenvalue weighted by atomic mass is 35.5. The Bertz CT molecular complexity index is 195. The second kappa shape index (κ2) is 4.33. The maximum absolute atomic E-state index is 10.5. The number of alkyl carbamates (subject to hydrolysis) is 1. The van der Waals surface area contributed by atoms with E-state index in [4.69, 9.17) is 11.6 Å². The van der Waals surface area contributed by atoms with Crippen LogP contribution in [0.2, 0.25) is 0 Å². The maximum atomic E-state index is 10.5. The Kier molecular flexibility index (Phi) is 3.37. The molecule has 0 aromatic carbocycles. The zero-order chi connectivity index (χ0) is 8.97. The molecule has 2 N–H and O–H groups in total. The Labute approximate surface area is 75.2 Å². The molecule has 1 saturated heterocycles. The summed E-state index contributed by atoms with van der Waals surface area (Å²) >= 11 is 5.36. The lowest BCUT2D eigenvalue weighted by Crippen LogP contribution is -2.36. The van der Waals surface area contributed by atoms with Crippen molar-refractivity contribution in [2.75, 3.05) is 12.5 Å². The van der Waals surface area contributed by atoms with Gasteiger partial charge in [0.1, 0.15) is 6.61 Å². The smallest absolute Gasteiger partial charge is 0.407 e. The number of cyclic esters (lactones) is 1. The van der Waals surface area contributed by atoms with E-state index in [0.717, 1.165) is 0 Å². The minimum Gasteiger partial charge on any atom is -0.447 e. The number of halogens is 1. The van der Waals surface area contributed by atoms with Gasteiger partial charge in [0.25, 0.3) is 0 Å². The van der Waals surface area contributed by atoms with Crippen LogP contribution >= 0.6 is 11.6 Å². The van der Waals surface area contributed by atoms with Gasteiger partial charge in [0.05, 0.1) is 12.1 Å². The zero-order valence-corrected chi connectivity index (χ0v) is 7.12. The third kappa shape index (κ3) is 2.39. The summed E-state index contributed by atoms with van der Waals surface area (Å²) in [6.07, 6.45) is 1.94. The molecule has 0 radical (unpaired) electrons. The number of carbonyl (C=O) groups excluding carboxylic acids is 1. The summed E-state index contributed by atoms with van der Waals surface area (Å²) in [6.45, 7) is 0.201. The topological polar surface area (TPSA) is 58.6 Å². The molecule has 1 heterocycles. The predicted octanol–water partition coefficient (Wildman–Crippen LogP) is 0.251. The molecule has 0 saturated carbocycles. The van der Waals surface area contributed by atoms with Crippen LogP contribution < -0.4 is 5.32 Å². The van der Waals surface area contributed by atoms with Crippen molar-refractivity contribution in [1.29, 1.82) is 0 Å². The third-order valence-electron chi connectivity index (χ3n) is 1.53. The van der Waals surface area contributed by atoms with E-state index in [1.165, 1.54) is 6.08 Å². The first-order chi connectivity index (χ1) is 5.74. The van der Waals surface area contributed by atoms with Crippen molar-refractivity contribution in [2.45, 2.75) is 12.1 Å². The van der Waals surface area contributed by atoms with Crippen LogP contribution in [0.15, 0.2) is 12.2 Å². The molecule has 0 aromatic rings. The predicted molar refractivity (Wildman–Crippen MR) is 44.1 cm³/mol. The molecule has 1 aliphatic rings. The molecular formula is C7H10ClNO3. The fraction of sp³-hybridized carbons (Fsp3) is 0.571. The molecule has 2 atom stereocenters. The van der Waals surface area contributed by atoms with Crippen molar-refractivity contribution >= 4 is 17.7 Å². The monoisotopic (exact) mass is 191 g/mol. The van der Waals surface area contributed by atoms with Gasteiger partial charge < -0.3 is 15.2 Å². The molecule has 5 heteroatoms. The molecule has 0 unspecified atom stereocenters. The van der Waals surface area contributed by atoms with Crippen LogP contribution in [0.3, 0.4) is 0 Å². The Morgan fingerprint density at radius 1 is 1.92 bits per heavy atom. The van der Waals surface area contributed by atoms with E-state index < -0.39 is 12.2 Å². The van der Waals surface area contributed by atoms with Crippen molar-refractivity contribution < 1.29 is 14.6 Å². The summed E-state index contributed by atoms with van der Waals surface area (Å²) in [5, 5.41) is 11.8. The van der Waals surface area contributed by atoms with Crippen LogP contribution in [-0.4, -0.2) is 35.8 Å². The molecule has 1 aliphatic heterocycles. The fourth-order valence-electron chi connectivity index (χ4n) is 0.909. The molecule has 1 fully saturated rings. The molecule has 0 aliphatic carbocycles. The van der Waals surface area contributed by atoms with Crippen molar-refractivity contribution in [3.05, 3.63) is 12.2 Å². The van der Waals surface area contributed by atoms with Gasteiger partial charge in [-0.1, -0.05) is 12.2 Å². The number of aliphatic hydroxyl groups is 1. The lowest BCUT2D eigenvalue weighted by Gasteiger charge is -2.10. The van der Waals surface area contributed by atoms with Crippen LogP contribution in [-0.2, 0) is 4.74 Å². The van der Waals surface area contributed by atoms with Crippen LogP contribution in [0.4, 0.5) is 4.79 Å². The Morgan fingerprint density at radius 2 is 2.67 bits per heavy atom. The molecule has 0 aromatic heterocycles. The second-order valence-corrected chi connectivity index (χ2v) is 2.73. The zero-order valence-electron chi connectivity index (χ0n) is 6.37. The lowest BCUT2D eigenvalue weighted by molar-refractivity contribution is 0.157. The summed E-state index contributed by atoms with van der Waals surface area (Å²) in [5.41, 5.74) is 0. The molecule has 4 nitrogen and oxygen atoms in total. The average Bonchev–Trinajstić information content (AvgIpc) is 2.47. The first kappa shape index (κ1) is 9.35. The number of rotatable bonds is 3. The summed E-state index contributed by atoms with van der Waals surface area (Å²) < 4.78 is 4.59. The number of hydrogen-bond acceptors (Lipinski definition) is 3. The van der Waals surface area contributed by atoms with E-state index in [-0.39, 0.29) is 12.6 Å². The Balaban J connectivity index is 2.37. The van der Waals surface area contributed by atoms with Crippen molar-refractivity contribution in [1.82, 2.24) is 5.32 Å². The van der Waals surface area contributed by atoms with Gasteiger partial charge in [0, 0.05) is 5.88 Å². The minimum absolute atomic E-state index is 0.201. The third-order valence-corrected chi connectivity index (χ3v) is 1.71. The average molecular weight is 192 g/mol. The summed E-state index contributed by atoms with van der Waals surface area (Å²) in [7, 11) is 0. The number of aliphatic hydroxyl groups excluding tert-OH is 1. The molecule has 0 bridgehead atoms. The van der Waals surface area contributed by atoms with E-state index in [2.05, 4.69) is 10.1 Å². The van der Waals surface area contributed by atoms with E-state index in [1.54, 1.807) is 6.08 Å². The van der Waals surface area contributed by atoms with Gasteiger partial charge in [0.2, 0.25) is 0 Å². The molecular weight excluding hydrogens is 182 g/mol. The van der Waals surface area contributed by atoms with Crippen LogP contribution in [0.5, 0.6) is 0 Å². The quantitative estimate of drug-likeness (QED) is 0.497. The second-order valence-electron chi connectivity index (χ2n) is 2.42. The van der Waals surface area contributed by atoms with Crippen molar-refractivity contribution in [3.8, 4) is 0 Å². The Morgan fingerprint density at radius 3 is 3.17 bits per heavy atom. The number of hydrogen-bond donors (Lipinski definition) is 2. The number of carbonyl (C=O) groups is 1. The van der Waals surface area contributed by atoms with Crippen molar-refractivity contribution in [2.24, 2.45) is 0 Å². The van der Waals surface area contributed by atoms with E-state index in [9.17, 15) is 9.90 Å². The molecule has 68 valence electrons. The fourth-order valence-corrected chi connectivity index (χ4v) is 1.01. The summed E-state index contributed by atoms with van der Waals surface area (Å²) in [4.78, 5) is 10.5. The summed E-state index contributed by atoms with van der Waals surface area (Å²) in [5.74, 6) is 0.346. The molecule has 12 heavy (non-hydrogen) atoms. The van der Waals surface area contributed by atoms with Gasteiger partial charge in [-0.05, 0) is 0 Å². The molecule has 1 amide bonds. The largest absolute Gasteiger partial charge is 0.447 e. The highest BCUT2D eigenvalue weighted by Crippen LogP contribution is 2.03. The number of allylic oxidation sites excluding steroid dienone is 1. The van der Waals surface area contributed by atoms with Crippen LogP contribution in [0.25, 0.3) is 0 Å². The number of ether oxygens (including phenoxy) is 1. The van der Waals surface area contributed by atoms with Gasteiger partial charge in [-0.3, -0.25) is 0 Å². The highest BCUT2D eigenvalue weighted by Gasteiger charge is 2.26. The van der Waals surface area contributed by atoms with Gasteiger partial charge >= 0.3 is 6.09 Å². The van der Waals surface area contributed by atoms with Crippen LogP contribution in [0, 0.1) is 0 Å².